The van der Waals surface area contributed by atoms with Crippen LogP contribution in [0.3, 0.4) is 0 Å². The van der Waals surface area contributed by atoms with Gasteiger partial charge in [0.25, 0.3) is 5.56 Å². The lowest BCUT2D eigenvalue weighted by Gasteiger charge is -2.43. The number of ether oxygens (including phenoxy) is 2. The number of methoxy groups -OCH3 is 1. The molecular formula is C21H19ClN4O3. The minimum Gasteiger partial charge on any atom is -0.497 e. The number of hydrogen-bond acceptors (Lipinski definition) is 6. The molecule has 1 saturated heterocycles. The molecule has 0 atom stereocenters. The molecule has 2 aliphatic heterocycles. The van der Waals surface area contributed by atoms with Crippen LogP contribution in [0.4, 0.5) is 5.69 Å². The maximum absolute atomic E-state index is 12.9. The molecule has 5 rings (SSSR count). The molecule has 0 saturated carbocycles. The highest BCUT2D eigenvalue weighted by molar-refractivity contribution is 6.31. The quantitative estimate of drug-likeness (QED) is 0.696. The van der Waals surface area contributed by atoms with Gasteiger partial charge in [-0.2, -0.15) is 10.1 Å². The number of nitrogens with one attached hydrogen (secondary N) is 1. The molecule has 0 amide bonds. The van der Waals surface area contributed by atoms with Crippen molar-refractivity contribution in [3.8, 4) is 28.4 Å². The van der Waals surface area contributed by atoms with Gasteiger partial charge in [0.05, 0.1) is 20.3 Å². The first-order valence-electron chi connectivity index (χ1n) is 9.42. The van der Waals surface area contributed by atoms with Crippen LogP contribution in [0.15, 0.2) is 47.3 Å². The van der Waals surface area contributed by atoms with E-state index < -0.39 is 5.66 Å². The summed E-state index contributed by atoms with van der Waals surface area (Å²) < 4.78 is 12.6. The van der Waals surface area contributed by atoms with Crippen molar-refractivity contribution in [3.05, 3.63) is 57.8 Å². The number of nitrogens with zero attached hydrogens (tertiary/aromatic N) is 3. The SMILES string of the molecule is COc1ccc(-c2nn3c(nc2=O)-c2cc(Cl)ccc2NC32CCOCC2)cc1. The first-order chi connectivity index (χ1) is 14.1. The molecule has 0 radical (unpaired) electrons. The van der Waals surface area contributed by atoms with Gasteiger partial charge in [-0.1, -0.05) is 11.6 Å². The fourth-order valence-corrected chi connectivity index (χ4v) is 4.12. The molecule has 1 spiro atoms. The maximum atomic E-state index is 12.9. The summed E-state index contributed by atoms with van der Waals surface area (Å²) in [5.74, 6) is 1.23. The Bertz CT molecular complexity index is 1140. The minimum absolute atomic E-state index is 0.301. The first-order valence-corrected chi connectivity index (χ1v) is 9.80. The summed E-state index contributed by atoms with van der Waals surface area (Å²) in [7, 11) is 1.60. The average molecular weight is 411 g/mol. The summed E-state index contributed by atoms with van der Waals surface area (Å²) in [5.41, 5.74) is 1.77. The van der Waals surface area contributed by atoms with Gasteiger partial charge in [0, 0.05) is 34.7 Å². The zero-order valence-electron chi connectivity index (χ0n) is 15.8. The maximum Gasteiger partial charge on any atom is 0.300 e. The zero-order valence-corrected chi connectivity index (χ0v) is 16.6. The molecule has 0 unspecified atom stereocenters. The van der Waals surface area contributed by atoms with E-state index >= 15 is 0 Å². The molecule has 1 aromatic heterocycles. The van der Waals surface area contributed by atoms with Gasteiger partial charge in [-0.25, -0.2) is 4.68 Å². The zero-order chi connectivity index (χ0) is 20.0. The Hall–Kier alpha value is -2.90. The fourth-order valence-electron chi connectivity index (χ4n) is 3.95. The summed E-state index contributed by atoms with van der Waals surface area (Å²) in [6.07, 6.45) is 1.42. The molecule has 0 aliphatic carbocycles. The molecule has 1 N–H and O–H groups in total. The Morgan fingerprint density at radius 2 is 1.93 bits per heavy atom. The number of fused-ring (bicyclic) bond motifs is 4. The second-order valence-electron chi connectivity index (χ2n) is 7.19. The third-order valence-corrected chi connectivity index (χ3v) is 5.72. The molecule has 29 heavy (non-hydrogen) atoms. The second kappa shape index (κ2) is 6.86. The van der Waals surface area contributed by atoms with Gasteiger partial charge < -0.3 is 14.8 Å². The van der Waals surface area contributed by atoms with Crippen LogP contribution in [0.2, 0.25) is 5.02 Å². The van der Waals surface area contributed by atoms with E-state index in [1.807, 2.05) is 35.0 Å². The van der Waals surface area contributed by atoms with Crippen molar-refractivity contribution in [1.29, 1.82) is 0 Å². The third-order valence-electron chi connectivity index (χ3n) is 5.49. The molecule has 148 valence electrons. The van der Waals surface area contributed by atoms with E-state index in [1.54, 1.807) is 19.2 Å². The smallest absolute Gasteiger partial charge is 0.300 e. The molecule has 2 aliphatic rings. The highest BCUT2D eigenvalue weighted by atomic mass is 35.5. The Labute approximate surface area is 172 Å². The molecule has 3 aromatic rings. The van der Waals surface area contributed by atoms with Crippen LogP contribution >= 0.6 is 11.6 Å². The summed E-state index contributed by atoms with van der Waals surface area (Å²) in [4.78, 5) is 17.4. The molecule has 7 nitrogen and oxygen atoms in total. The molecule has 3 heterocycles. The Balaban J connectivity index is 1.73. The Morgan fingerprint density at radius 1 is 1.17 bits per heavy atom. The number of benzene rings is 2. The molecule has 2 aromatic carbocycles. The monoisotopic (exact) mass is 410 g/mol. The first kappa shape index (κ1) is 18.1. The topological polar surface area (TPSA) is 78.3 Å². The van der Waals surface area contributed by atoms with Crippen molar-refractivity contribution in [1.82, 2.24) is 14.8 Å². The number of hydrogen-bond donors (Lipinski definition) is 1. The van der Waals surface area contributed by atoms with Crippen molar-refractivity contribution in [2.75, 3.05) is 25.6 Å². The fraction of sp³-hybridized carbons (Fsp3) is 0.286. The highest BCUT2D eigenvalue weighted by Crippen LogP contribution is 2.42. The number of anilines is 1. The van der Waals surface area contributed by atoms with Crippen molar-refractivity contribution in [3.63, 3.8) is 0 Å². The van der Waals surface area contributed by atoms with E-state index in [4.69, 9.17) is 26.2 Å². The van der Waals surface area contributed by atoms with Crippen LogP contribution in [-0.4, -0.2) is 35.1 Å². The number of rotatable bonds is 2. The van der Waals surface area contributed by atoms with Crippen LogP contribution < -0.4 is 15.6 Å². The second-order valence-corrected chi connectivity index (χ2v) is 7.62. The van der Waals surface area contributed by atoms with Crippen molar-refractivity contribution < 1.29 is 9.47 Å². The lowest BCUT2D eigenvalue weighted by Crippen LogP contribution is -2.50. The van der Waals surface area contributed by atoms with Gasteiger partial charge in [-0.3, -0.25) is 4.79 Å². The lowest BCUT2D eigenvalue weighted by molar-refractivity contribution is 0.0273. The van der Waals surface area contributed by atoms with Gasteiger partial charge in [-0.05, 0) is 42.5 Å². The molecular weight excluding hydrogens is 392 g/mol. The normalized spacial score (nSPS) is 16.6. The van der Waals surface area contributed by atoms with E-state index in [0.29, 0.717) is 53.9 Å². The Kier molecular flexibility index (Phi) is 4.29. The summed E-state index contributed by atoms with van der Waals surface area (Å²) in [5, 5.41) is 8.97. The van der Waals surface area contributed by atoms with E-state index in [-0.39, 0.29) is 5.56 Å². The van der Waals surface area contributed by atoms with Gasteiger partial charge in [0.15, 0.2) is 11.5 Å². The molecule has 8 heteroatoms. The highest BCUT2D eigenvalue weighted by Gasteiger charge is 2.41. The van der Waals surface area contributed by atoms with Crippen LogP contribution in [0.25, 0.3) is 22.6 Å². The van der Waals surface area contributed by atoms with Crippen LogP contribution in [0, 0.1) is 0 Å². The van der Waals surface area contributed by atoms with E-state index in [1.165, 1.54) is 0 Å². The predicted molar refractivity (Wildman–Crippen MR) is 110 cm³/mol. The lowest BCUT2D eigenvalue weighted by atomic mass is 9.95. The number of halogens is 1. The van der Waals surface area contributed by atoms with Crippen LogP contribution in [-0.2, 0) is 10.4 Å². The largest absolute Gasteiger partial charge is 0.497 e. The van der Waals surface area contributed by atoms with Gasteiger partial charge in [0.2, 0.25) is 0 Å². The van der Waals surface area contributed by atoms with Crippen molar-refractivity contribution >= 4 is 17.3 Å². The standard InChI is InChI=1S/C21H19ClN4O3/c1-28-15-5-2-13(3-6-15)18-20(27)23-19-16-12-14(22)4-7-17(16)24-21(26(19)25-18)8-10-29-11-9-21/h2-7,12,24H,8-11H2,1H3. The van der Waals surface area contributed by atoms with Crippen molar-refractivity contribution in [2.24, 2.45) is 0 Å². The van der Waals surface area contributed by atoms with Gasteiger partial charge >= 0.3 is 0 Å². The third kappa shape index (κ3) is 2.97. The summed E-state index contributed by atoms with van der Waals surface area (Å²) >= 11 is 6.22. The predicted octanol–water partition coefficient (Wildman–Crippen LogP) is 3.52. The molecule has 0 bridgehead atoms. The van der Waals surface area contributed by atoms with Gasteiger partial charge in [0.1, 0.15) is 11.4 Å². The number of aromatic nitrogens is 3. The van der Waals surface area contributed by atoms with E-state index in [9.17, 15) is 4.79 Å². The average Bonchev–Trinajstić information content (AvgIpc) is 2.75. The minimum atomic E-state index is -0.504. The molecule has 1 fully saturated rings. The summed E-state index contributed by atoms with van der Waals surface area (Å²) in [6.45, 7) is 1.20. The Morgan fingerprint density at radius 3 is 2.66 bits per heavy atom. The van der Waals surface area contributed by atoms with Crippen LogP contribution in [0.5, 0.6) is 5.75 Å². The van der Waals surface area contributed by atoms with Crippen LogP contribution in [0.1, 0.15) is 12.8 Å². The van der Waals surface area contributed by atoms with Crippen molar-refractivity contribution in [2.45, 2.75) is 18.5 Å². The van der Waals surface area contributed by atoms with E-state index in [2.05, 4.69) is 10.3 Å². The summed E-state index contributed by atoms with van der Waals surface area (Å²) in [6, 6.07) is 12.8. The van der Waals surface area contributed by atoms with E-state index in [0.717, 1.165) is 11.3 Å². The van der Waals surface area contributed by atoms with Gasteiger partial charge in [-0.15, -0.1) is 0 Å².